The predicted octanol–water partition coefficient (Wildman–Crippen LogP) is 12.0. The molecule has 2 aromatic heterocycles. The van der Waals surface area contributed by atoms with Crippen molar-refractivity contribution in [3.8, 4) is 39.2 Å². The summed E-state index contributed by atoms with van der Waals surface area (Å²) >= 11 is 0. The molecular weight excluding hydrogens is 595 g/mol. The molecule has 0 saturated carbocycles. The van der Waals surface area contributed by atoms with Crippen molar-refractivity contribution in [3.63, 3.8) is 0 Å². The number of fused-ring (bicyclic) bond motifs is 9. The van der Waals surface area contributed by atoms with Gasteiger partial charge in [0.05, 0.1) is 34.0 Å². The highest BCUT2D eigenvalue weighted by atomic mass is 15.0. The van der Waals surface area contributed by atoms with Crippen molar-refractivity contribution in [3.05, 3.63) is 176 Å². The molecule has 10 aromatic rings. The monoisotopic (exact) mass is 623 g/mol. The Morgan fingerprint density at radius 3 is 1.49 bits per heavy atom. The molecule has 0 bridgehead atoms. The summed E-state index contributed by atoms with van der Waals surface area (Å²) in [4.78, 5) is 10.1. The third-order valence-corrected chi connectivity index (χ3v) is 9.82. The second-order valence-corrected chi connectivity index (χ2v) is 12.6. The molecule has 10 rings (SSSR count). The molecule has 0 aliphatic carbocycles. The van der Waals surface area contributed by atoms with Crippen molar-refractivity contribution in [2.45, 2.75) is 0 Å². The molecule has 49 heavy (non-hydrogen) atoms. The number of rotatable bonds is 4. The van der Waals surface area contributed by atoms with E-state index in [1.54, 1.807) is 0 Å². The predicted molar refractivity (Wildman–Crippen MR) is 205 cm³/mol. The van der Waals surface area contributed by atoms with E-state index in [1.807, 2.05) is 6.20 Å². The Labute approximate surface area is 283 Å². The van der Waals surface area contributed by atoms with Crippen LogP contribution in [0.1, 0.15) is 0 Å². The minimum absolute atomic E-state index is 0.870. The van der Waals surface area contributed by atoms with Gasteiger partial charge in [-0.1, -0.05) is 140 Å². The van der Waals surface area contributed by atoms with E-state index in [2.05, 4.69) is 174 Å². The zero-order chi connectivity index (χ0) is 32.3. The summed E-state index contributed by atoms with van der Waals surface area (Å²) in [6.07, 6.45) is 1.91. The Hall–Kier alpha value is -6.58. The van der Waals surface area contributed by atoms with Crippen LogP contribution in [-0.2, 0) is 0 Å². The molecule has 0 atom stereocenters. The third kappa shape index (κ3) is 4.44. The largest absolute Gasteiger partial charge is 0.309 e. The molecule has 228 valence electrons. The quantitative estimate of drug-likeness (QED) is 0.183. The van der Waals surface area contributed by atoms with Crippen molar-refractivity contribution in [2.75, 3.05) is 0 Å². The van der Waals surface area contributed by atoms with E-state index in [0.29, 0.717) is 0 Å². The normalized spacial score (nSPS) is 11.7. The van der Waals surface area contributed by atoms with Crippen LogP contribution in [0, 0.1) is 0 Å². The standard InChI is InChI=1S/C46H29N3/c1-3-19-40-36(15-1)37-16-2-4-20-41(37)46-45(40)47-29-42(48-46)31-25-23-30(24-26-31)32-11-9-12-33(27-32)34-13-10-14-35(28-34)49-43-21-7-5-17-38(43)39-18-6-8-22-44(39)49/h1-29H. The molecular formula is C46H29N3. The lowest BCUT2D eigenvalue weighted by atomic mass is 9.97. The van der Waals surface area contributed by atoms with Crippen LogP contribution >= 0.6 is 0 Å². The Balaban J connectivity index is 1.01. The first kappa shape index (κ1) is 27.5. The molecule has 3 heteroatoms. The topological polar surface area (TPSA) is 30.7 Å². The van der Waals surface area contributed by atoms with Crippen LogP contribution in [0.5, 0.6) is 0 Å². The van der Waals surface area contributed by atoms with Crippen molar-refractivity contribution in [1.82, 2.24) is 14.5 Å². The van der Waals surface area contributed by atoms with E-state index in [0.717, 1.165) is 44.3 Å². The lowest BCUT2D eigenvalue weighted by molar-refractivity contribution is 1.18. The van der Waals surface area contributed by atoms with Crippen molar-refractivity contribution in [2.24, 2.45) is 0 Å². The Kier molecular flexibility index (Phi) is 6.18. The van der Waals surface area contributed by atoms with Gasteiger partial charge in [0.2, 0.25) is 0 Å². The van der Waals surface area contributed by atoms with Crippen LogP contribution in [0.3, 0.4) is 0 Å². The first-order chi connectivity index (χ1) is 24.3. The highest BCUT2D eigenvalue weighted by Gasteiger charge is 2.14. The summed E-state index contributed by atoms with van der Waals surface area (Å²) in [6, 6.07) is 60.6. The molecule has 0 aliphatic rings. The Morgan fingerprint density at radius 2 is 0.837 bits per heavy atom. The molecule has 0 radical (unpaired) electrons. The zero-order valence-corrected chi connectivity index (χ0v) is 26.6. The van der Waals surface area contributed by atoms with E-state index in [1.165, 1.54) is 49.3 Å². The third-order valence-electron chi connectivity index (χ3n) is 9.82. The lowest BCUT2D eigenvalue weighted by Gasteiger charge is -2.12. The molecule has 3 nitrogen and oxygen atoms in total. The number of hydrogen-bond donors (Lipinski definition) is 0. The smallest absolute Gasteiger partial charge is 0.0979 e. The number of hydrogen-bond acceptors (Lipinski definition) is 2. The van der Waals surface area contributed by atoms with E-state index < -0.39 is 0 Å². The van der Waals surface area contributed by atoms with Gasteiger partial charge in [-0.2, -0.15) is 0 Å². The summed E-state index contributed by atoms with van der Waals surface area (Å²) in [5.74, 6) is 0. The highest BCUT2D eigenvalue weighted by molar-refractivity contribution is 6.23. The number of benzene rings is 8. The number of aromatic nitrogens is 3. The maximum Gasteiger partial charge on any atom is 0.0979 e. The molecule has 0 saturated heterocycles. The minimum Gasteiger partial charge on any atom is -0.309 e. The maximum absolute atomic E-state index is 5.18. The van der Waals surface area contributed by atoms with Gasteiger partial charge in [-0.3, -0.25) is 4.98 Å². The molecule has 0 spiro atoms. The van der Waals surface area contributed by atoms with Gasteiger partial charge in [-0.25, -0.2) is 4.98 Å². The van der Waals surface area contributed by atoms with Gasteiger partial charge in [0.15, 0.2) is 0 Å². The van der Waals surface area contributed by atoms with Gasteiger partial charge in [0, 0.05) is 32.8 Å². The van der Waals surface area contributed by atoms with E-state index in [9.17, 15) is 0 Å². The van der Waals surface area contributed by atoms with Gasteiger partial charge >= 0.3 is 0 Å². The fraction of sp³-hybridized carbons (Fsp3) is 0. The van der Waals surface area contributed by atoms with Gasteiger partial charge in [0.1, 0.15) is 0 Å². The molecule has 0 amide bonds. The Morgan fingerprint density at radius 1 is 0.347 bits per heavy atom. The molecule has 0 unspecified atom stereocenters. The second-order valence-electron chi connectivity index (χ2n) is 12.6. The summed E-state index contributed by atoms with van der Waals surface area (Å²) in [5.41, 5.74) is 12.1. The number of nitrogens with zero attached hydrogens (tertiary/aromatic N) is 3. The molecule has 0 fully saturated rings. The molecule has 0 N–H and O–H groups in total. The molecule has 8 aromatic carbocycles. The van der Waals surface area contributed by atoms with Crippen LogP contribution < -0.4 is 0 Å². The summed E-state index contributed by atoms with van der Waals surface area (Å²) in [7, 11) is 0. The van der Waals surface area contributed by atoms with E-state index >= 15 is 0 Å². The summed E-state index contributed by atoms with van der Waals surface area (Å²) in [6.45, 7) is 0. The summed E-state index contributed by atoms with van der Waals surface area (Å²) in [5, 5.41) is 7.20. The molecule has 0 aliphatic heterocycles. The van der Waals surface area contributed by atoms with Crippen LogP contribution in [0.25, 0.3) is 93.6 Å². The second kappa shape index (κ2) is 11.0. The average Bonchev–Trinajstić information content (AvgIpc) is 3.52. The fourth-order valence-electron chi connectivity index (χ4n) is 7.50. The average molecular weight is 624 g/mol. The Bertz CT molecular complexity index is 2790. The van der Waals surface area contributed by atoms with E-state index in [-0.39, 0.29) is 0 Å². The maximum atomic E-state index is 5.18. The van der Waals surface area contributed by atoms with Gasteiger partial charge in [-0.05, 0) is 63.4 Å². The molecule has 2 heterocycles. The van der Waals surface area contributed by atoms with E-state index in [4.69, 9.17) is 9.97 Å². The van der Waals surface area contributed by atoms with Gasteiger partial charge in [0.25, 0.3) is 0 Å². The van der Waals surface area contributed by atoms with Crippen molar-refractivity contribution >= 4 is 54.4 Å². The van der Waals surface area contributed by atoms with Crippen molar-refractivity contribution < 1.29 is 0 Å². The van der Waals surface area contributed by atoms with Gasteiger partial charge in [-0.15, -0.1) is 0 Å². The van der Waals surface area contributed by atoms with Crippen LogP contribution in [0.15, 0.2) is 176 Å². The summed E-state index contributed by atoms with van der Waals surface area (Å²) < 4.78 is 2.37. The van der Waals surface area contributed by atoms with Crippen LogP contribution in [0.4, 0.5) is 0 Å². The van der Waals surface area contributed by atoms with Gasteiger partial charge < -0.3 is 4.57 Å². The van der Waals surface area contributed by atoms with Crippen LogP contribution in [-0.4, -0.2) is 14.5 Å². The fourth-order valence-corrected chi connectivity index (χ4v) is 7.50. The van der Waals surface area contributed by atoms with Crippen molar-refractivity contribution in [1.29, 1.82) is 0 Å². The first-order valence-corrected chi connectivity index (χ1v) is 16.7. The minimum atomic E-state index is 0.870. The lowest BCUT2D eigenvalue weighted by Crippen LogP contribution is -1.94. The zero-order valence-electron chi connectivity index (χ0n) is 26.6. The van der Waals surface area contributed by atoms with Crippen LogP contribution in [0.2, 0.25) is 0 Å². The first-order valence-electron chi connectivity index (χ1n) is 16.7. The highest BCUT2D eigenvalue weighted by Crippen LogP contribution is 2.36. The SMILES string of the molecule is c1cc(-c2ccc(-c3cnc4c5ccccc5c5ccccc5c4n3)cc2)cc(-c2cccc(-n3c4ccccc4c4ccccc43)c2)c1. The number of para-hydroxylation sites is 2.